The first kappa shape index (κ1) is 19.7. The van der Waals surface area contributed by atoms with Crippen molar-refractivity contribution in [2.24, 2.45) is 0 Å². The maximum atomic E-state index is 5.18. The van der Waals surface area contributed by atoms with Crippen LogP contribution in [-0.4, -0.2) is 20.5 Å². The topological polar surface area (TPSA) is 18.5 Å². The third kappa shape index (κ3) is 14.1. The lowest BCUT2D eigenvalue weighted by molar-refractivity contribution is -0.107. The van der Waals surface area contributed by atoms with Gasteiger partial charge in [-0.05, 0) is 32.1 Å². The van der Waals surface area contributed by atoms with Crippen LogP contribution >= 0.6 is 0 Å². The summed E-state index contributed by atoms with van der Waals surface area (Å²) in [5.74, 6) is 0. The molecule has 0 unspecified atom stereocenters. The molecule has 0 aromatic heterocycles. The van der Waals surface area contributed by atoms with E-state index in [1.165, 1.54) is 70.6 Å². The summed E-state index contributed by atoms with van der Waals surface area (Å²) in [5.41, 5.74) is 0. The maximum Gasteiger partial charge on any atom is 0.156 e. The van der Waals surface area contributed by atoms with Gasteiger partial charge in [0.05, 0.1) is 0 Å². The zero-order valence-corrected chi connectivity index (χ0v) is 14.0. The maximum absolute atomic E-state index is 5.18. The molecule has 0 saturated heterocycles. The standard InChI is InChI=1S/C18H36O2/c1-4-5-6-7-8-9-10-11-12-13-14-15-16-17-18(19-2)20-3/h7-8,18H,4-6,9-17H2,1-3H3/b8-7-. The lowest BCUT2D eigenvalue weighted by atomic mass is 10.1. The van der Waals surface area contributed by atoms with Crippen molar-refractivity contribution in [3.05, 3.63) is 12.2 Å². The van der Waals surface area contributed by atoms with E-state index in [-0.39, 0.29) is 6.29 Å². The fourth-order valence-electron chi connectivity index (χ4n) is 2.35. The van der Waals surface area contributed by atoms with Crippen LogP contribution in [0.25, 0.3) is 0 Å². The number of ether oxygens (including phenoxy) is 2. The largest absolute Gasteiger partial charge is 0.356 e. The van der Waals surface area contributed by atoms with Gasteiger partial charge in [0.2, 0.25) is 0 Å². The molecule has 0 rings (SSSR count). The van der Waals surface area contributed by atoms with E-state index in [9.17, 15) is 0 Å². The van der Waals surface area contributed by atoms with Crippen molar-refractivity contribution < 1.29 is 9.47 Å². The molecule has 0 amide bonds. The van der Waals surface area contributed by atoms with Gasteiger partial charge in [0, 0.05) is 14.2 Å². The molecule has 0 atom stereocenters. The molecular weight excluding hydrogens is 248 g/mol. The molecule has 0 heterocycles. The summed E-state index contributed by atoms with van der Waals surface area (Å²) in [5, 5.41) is 0. The molecule has 0 N–H and O–H groups in total. The Kier molecular flexibility index (Phi) is 16.4. The van der Waals surface area contributed by atoms with Crippen LogP contribution in [0.2, 0.25) is 0 Å². The normalized spacial score (nSPS) is 11.8. The monoisotopic (exact) mass is 284 g/mol. The molecule has 120 valence electrons. The lowest BCUT2D eigenvalue weighted by Gasteiger charge is -2.12. The van der Waals surface area contributed by atoms with Crippen molar-refractivity contribution in [3.63, 3.8) is 0 Å². The van der Waals surface area contributed by atoms with Gasteiger partial charge in [0.15, 0.2) is 6.29 Å². The van der Waals surface area contributed by atoms with Gasteiger partial charge in [-0.3, -0.25) is 0 Å². The molecular formula is C18H36O2. The van der Waals surface area contributed by atoms with Crippen molar-refractivity contribution in [3.8, 4) is 0 Å². The minimum Gasteiger partial charge on any atom is -0.356 e. The van der Waals surface area contributed by atoms with Crippen LogP contribution in [0.15, 0.2) is 12.2 Å². The predicted octanol–water partition coefficient (Wildman–Crippen LogP) is 5.86. The Morgan fingerprint density at radius 2 is 1.20 bits per heavy atom. The van der Waals surface area contributed by atoms with E-state index >= 15 is 0 Å². The highest BCUT2D eigenvalue weighted by atomic mass is 16.7. The van der Waals surface area contributed by atoms with Gasteiger partial charge in [-0.1, -0.05) is 64.0 Å². The van der Waals surface area contributed by atoms with Crippen molar-refractivity contribution in [1.82, 2.24) is 0 Å². The Hall–Kier alpha value is -0.340. The molecule has 0 aliphatic carbocycles. The summed E-state index contributed by atoms with van der Waals surface area (Å²) in [6.45, 7) is 2.25. The quantitative estimate of drug-likeness (QED) is 0.213. The zero-order valence-electron chi connectivity index (χ0n) is 14.0. The first-order valence-corrected chi connectivity index (χ1v) is 8.55. The van der Waals surface area contributed by atoms with Crippen LogP contribution in [0.1, 0.15) is 84.0 Å². The Labute approximate surface area is 126 Å². The van der Waals surface area contributed by atoms with Crippen LogP contribution in [0.5, 0.6) is 0 Å². The third-order valence-electron chi connectivity index (χ3n) is 3.73. The summed E-state index contributed by atoms with van der Waals surface area (Å²) in [4.78, 5) is 0. The van der Waals surface area contributed by atoms with Crippen LogP contribution in [-0.2, 0) is 9.47 Å². The smallest absolute Gasteiger partial charge is 0.156 e. The molecule has 0 aliphatic rings. The number of hydrogen-bond donors (Lipinski definition) is 0. The molecule has 0 spiro atoms. The van der Waals surface area contributed by atoms with Crippen LogP contribution in [0, 0.1) is 0 Å². The molecule has 2 nitrogen and oxygen atoms in total. The van der Waals surface area contributed by atoms with Gasteiger partial charge in [-0.15, -0.1) is 0 Å². The van der Waals surface area contributed by atoms with E-state index < -0.39 is 0 Å². The number of rotatable bonds is 15. The first-order valence-electron chi connectivity index (χ1n) is 8.55. The van der Waals surface area contributed by atoms with Crippen LogP contribution in [0.3, 0.4) is 0 Å². The van der Waals surface area contributed by atoms with E-state index in [1.54, 1.807) is 14.2 Å². The van der Waals surface area contributed by atoms with E-state index in [2.05, 4.69) is 19.1 Å². The molecule has 0 aromatic rings. The Bertz CT molecular complexity index is 198. The second-order valence-electron chi connectivity index (χ2n) is 5.57. The Morgan fingerprint density at radius 1 is 0.700 bits per heavy atom. The van der Waals surface area contributed by atoms with Crippen molar-refractivity contribution in [1.29, 1.82) is 0 Å². The fourth-order valence-corrected chi connectivity index (χ4v) is 2.35. The summed E-state index contributed by atoms with van der Waals surface area (Å²) < 4.78 is 10.4. The number of methoxy groups -OCH3 is 2. The SMILES string of the molecule is CCCC/C=C\CCCCCCCCCC(OC)OC. The average Bonchev–Trinajstić information content (AvgIpc) is 2.48. The molecule has 20 heavy (non-hydrogen) atoms. The van der Waals surface area contributed by atoms with E-state index in [1.807, 2.05) is 0 Å². The van der Waals surface area contributed by atoms with Gasteiger partial charge in [-0.2, -0.15) is 0 Å². The minimum atomic E-state index is -0.00510. The highest BCUT2D eigenvalue weighted by molar-refractivity contribution is 4.81. The van der Waals surface area contributed by atoms with E-state index in [4.69, 9.17) is 9.47 Å². The molecule has 0 aromatic carbocycles. The van der Waals surface area contributed by atoms with Gasteiger partial charge in [-0.25, -0.2) is 0 Å². The number of hydrogen-bond acceptors (Lipinski definition) is 2. The highest BCUT2D eigenvalue weighted by Crippen LogP contribution is 2.12. The molecule has 0 fully saturated rings. The Morgan fingerprint density at radius 3 is 1.75 bits per heavy atom. The zero-order chi connectivity index (χ0) is 14.9. The third-order valence-corrected chi connectivity index (χ3v) is 3.73. The molecule has 0 aliphatic heterocycles. The molecule has 0 radical (unpaired) electrons. The van der Waals surface area contributed by atoms with Crippen LogP contribution in [0.4, 0.5) is 0 Å². The highest BCUT2D eigenvalue weighted by Gasteiger charge is 2.03. The second-order valence-corrected chi connectivity index (χ2v) is 5.57. The summed E-state index contributed by atoms with van der Waals surface area (Å²) in [6.07, 6.45) is 20.3. The molecule has 0 saturated carbocycles. The van der Waals surface area contributed by atoms with Crippen molar-refractivity contribution >= 4 is 0 Å². The summed E-state index contributed by atoms with van der Waals surface area (Å²) >= 11 is 0. The molecule has 2 heteroatoms. The van der Waals surface area contributed by atoms with Crippen LogP contribution < -0.4 is 0 Å². The van der Waals surface area contributed by atoms with Crippen molar-refractivity contribution in [2.45, 2.75) is 90.3 Å². The van der Waals surface area contributed by atoms with Gasteiger partial charge in [0.1, 0.15) is 0 Å². The van der Waals surface area contributed by atoms with E-state index in [0.29, 0.717) is 0 Å². The first-order chi connectivity index (χ1) is 9.85. The lowest BCUT2D eigenvalue weighted by Crippen LogP contribution is -2.12. The fraction of sp³-hybridized carbons (Fsp3) is 0.889. The summed E-state index contributed by atoms with van der Waals surface area (Å²) in [6, 6.07) is 0. The average molecular weight is 284 g/mol. The van der Waals surface area contributed by atoms with Gasteiger partial charge >= 0.3 is 0 Å². The predicted molar refractivity (Wildman–Crippen MR) is 88.0 cm³/mol. The van der Waals surface area contributed by atoms with Gasteiger partial charge < -0.3 is 9.47 Å². The Balaban J connectivity index is 3.11. The number of unbranched alkanes of at least 4 members (excludes halogenated alkanes) is 9. The number of allylic oxidation sites excluding steroid dienone is 2. The minimum absolute atomic E-state index is 0.00510. The summed E-state index contributed by atoms with van der Waals surface area (Å²) in [7, 11) is 3.43. The van der Waals surface area contributed by atoms with E-state index in [0.717, 1.165) is 6.42 Å². The second kappa shape index (κ2) is 16.7. The van der Waals surface area contributed by atoms with Crippen molar-refractivity contribution in [2.75, 3.05) is 14.2 Å². The van der Waals surface area contributed by atoms with Gasteiger partial charge in [0.25, 0.3) is 0 Å². The molecule has 0 bridgehead atoms.